The fourth-order valence-electron chi connectivity index (χ4n) is 5.12. The summed E-state index contributed by atoms with van der Waals surface area (Å²) in [6.07, 6.45) is -0.459. The number of halogens is 3. The third-order valence-electron chi connectivity index (χ3n) is 6.89. The van der Waals surface area contributed by atoms with Gasteiger partial charge in [0, 0.05) is 19.0 Å². The van der Waals surface area contributed by atoms with Crippen LogP contribution in [0.15, 0.2) is 60.7 Å². The molecular formula is C31H38Cl3N3O7. The zero-order valence-corrected chi connectivity index (χ0v) is 27.1. The van der Waals surface area contributed by atoms with Crippen molar-refractivity contribution in [3.05, 3.63) is 71.8 Å². The molecule has 10 nitrogen and oxygen atoms in total. The molecule has 2 aromatic carbocycles. The molecule has 0 aliphatic carbocycles. The smallest absolute Gasteiger partial charge is 0.407 e. The molecule has 0 aromatic heterocycles. The van der Waals surface area contributed by atoms with E-state index >= 15 is 0 Å². The van der Waals surface area contributed by atoms with Crippen LogP contribution in [-0.2, 0) is 36.8 Å². The Kier molecular flexibility index (Phi) is 12.7. The Morgan fingerprint density at radius 1 is 0.932 bits per heavy atom. The van der Waals surface area contributed by atoms with Crippen molar-refractivity contribution in [3.63, 3.8) is 0 Å². The Morgan fingerprint density at radius 3 is 2.07 bits per heavy atom. The van der Waals surface area contributed by atoms with Crippen LogP contribution in [0.25, 0.3) is 0 Å². The molecule has 0 spiro atoms. The van der Waals surface area contributed by atoms with Crippen molar-refractivity contribution >= 4 is 58.7 Å². The maximum Gasteiger partial charge on any atom is 0.407 e. The van der Waals surface area contributed by atoms with Gasteiger partial charge in [0.05, 0.1) is 18.5 Å². The van der Waals surface area contributed by atoms with Gasteiger partial charge in [-0.15, -0.1) is 0 Å². The van der Waals surface area contributed by atoms with Crippen LogP contribution < -0.4 is 10.6 Å². The van der Waals surface area contributed by atoms with Gasteiger partial charge >= 0.3 is 18.0 Å². The standard InChI is InChI=1S/C31H38Cl3N3O7/c1-30(2,3)44-28(41)23(16-20-10-6-4-7-11-20)35-27(40)25-15-14-24(37(25)18-21-12-8-5-9-13-21)22(17-26(38)39)36-29(42)43-19-31(32,33)34/h4-13,22-25H,14-19H2,1-3H3,(H,35,40)(H,36,42)(H,38,39)/t22-,23-,24-,25-/m0/s1. The number of hydrogen-bond donors (Lipinski definition) is 3. The van der Waals surface area contributed by atoms with E-state index in [4.69, 9.17) is 44.3 Å². The van der Waals surface area contributed by atoms with E-state index in [1.54, 1.807) is 20.8 Å². The van der Waals surface area contributed by atoms with E-state index in [2.05, 4.69) is 10.6 Å². The van der Waals surface area contributed by atoms with E-state index in [0.29, 0.717) is 12.8 Å². The Hall–Kier alpha value is -3.05. The fraction of sp³-hybridized carbons (Fsp3) is 0.484. The van der Waals surface area contributed by atoms with Gasteiger partial charge in [-0.1, -0.05) is 95.5 Å². The second-order valence-electron chi connectivity index (χ2n) is 11.6. The molecule has 2 aromatic rings. The number of carboxylic acid groups (broad SMARTS) is 1. The van der Waals surface area contributed by atoms with Crippen molar-refractivity contribution < 1.29 is 33.8 Å². The summed E-state index contributed by atoms with van der Waals surface area (Å²) in [5, 5.41) is 15.2. The summed E-state index contributed by atoms with van der Waals surface area (Å²) in [6.45, 7) is 5.00. The van der Waals surface area contributed by atoms with Crippen molar-refractivity contribution in [2.24, 2.45) is 0 Å². The number of hydrogen-bond acceptors (Lipinski definition) is 7. The normalized spacial score (nSPS) is 18.6. The molecule has 240 valence electrons. The molecule has 3 N–H and O–H groups in total. The molecule has 3 rings (SSSR count). The van der Waals surface area contributed by atoms with E-state index < -0.39 is 70.5 Å². The molecule has 1 fully saturated rings. The zero-order chi connectivity index (χ0) is 32.5. The van der Waals surface area contributed by atoms with Gasteiger partial charge in [-0.2, -0.15) is 0 Å². The lowest BCUT2D eigenvalue weighted by Crippen LogP contribution is -2.56. The lowest BCUT2D eigenvalue weighted by atomic mass is 10.0. The molecule has 1 aliphatic heterocycles. The highest BCUT2D eigenvalue weighted by atomic mass is 35.6. The Bertz CT molecular complexity index is 1270. The van der Waals surface area contributed by atoms with Gasteiger partial charge in [0.2, 0.25) is 9.70 Å². The zero-order valence-electron chi connectivity index (χ0n) is 24.8. The number of alkyl carbamates (subject to hydrolysis) is 1. The van der Waals surface area contributed by atoms with Gasteiger partial charge in [-0.3, -0.25) is 14.5 Å². The number of rotatable bonds is 12. The first-order chi connectivity index (χ1) is 20.6. The van der Waals surface area contributed by atoms with Crippen LogP contribution in [-0.4, -0.2) is 74.1 Å². The number of ether oxygens (including phenoxy) is 2. The number of alkyl halides is 3. The summed E-state index contributed by atoms with van der Waals surface area (Å²) in [7, 11) is 0. The molecule has 0 bridgehead atoms. The topological polar surface area (TPSA) is 134 Å². The van der Waals surface area contributed by atoms with Crippen LogP contribution in [0.4, 0.5) is 4.79 Å². The van der Waals surface area contributed by atoms with Crippen molar-refractivity contribution in [2.75, 3.05) is 6.61 Å². The van der Waals surface area contributed by atoms with Gasteiger partial charge in [-0.25, -0.2) is 9.59 Å². The molecule has 0 unspecified atom stereocenters. The predicted octanol–water partition coefficient (Wildman–Crippen LogP) is 5.03. The highest BCUT2D eigenvalue weighted by Crippen LogP contribution is 2.31. The lowest BCUT2D eigenvalue weighted by molar-refractivity contribution is -0.159. The molecule has 13 heteroatoms. The third kappa shape index (κ3) is 11.8. The lowest BCUT2D eigenvalue weighted by Gasteiger charge is -2.35. The van der Waals surface area contributed by atoms with E-state index in [-0.39, 0.29) is 13.0 Å². The Morgan fingerprint density at radius 2 is 1.52 bits per heavy atom. The van der Waals surface area contributed by atoms with Crippen molar-refractivity contribution in [1.29, 1.82) is 0 Å². The second kappa shape index (κ2) is 15.8. The number of aliphatic carboxylic acids is 1. The minimum atomic E-state index is -1.85. The molecule has 0 radical (unpaired) electrons. The number of carbonyl (C=O) groups excluding carboxylic acids is 3. The van der Waals surface area contributed by atoms with Gasteiger partial charge in [0.1, 0.15) is 18.2 Å². The van der Waals surface area contributed by atoms with Crippen LogP contribution in [0, 0.1) is 0 Å². The van der Waals surface area contributed by atoms with E-state index in [0.717, 1.165) is 11.1 Å². The van der Waals surface area contributed by atoms with Gasteiger partial charge in [-0.05, 0) is 44.7 Å². The van der Waals surface area contributed by atoms with Gasteiger partial charge < -0.3 is 25.2 Å². The average Bonchev–Trinajstić information content (AvgIpc) is 3.34. The van der Waals surface area contributed by atoms with Crippen molar-refractivity contribution in [2.45, 2.75) is 86.6 Å². The predicted molar refractivity (Wildman–Crippen MR) is 168 cm³/mol. The Balaban J connectivity index is 1.88. The largest absolute Gasteiger partial charge is 0.481 e. The van der Waals surface area contributed by atoms with Crippen LogP contribution in [0.3, 0.4) is 0 Å². The summed E-state index contributed by atoms with van der Waals surface area (Å²) in [6, 6.07) is 15.4. The van der Waals surface area contributed by atoms with Crippen LogP contribution >= 0.6 is 34.8 Å². The number of nitrogens with one attached hydrogen (secondary N) is 2. The molecular weight excluding hydrogens is 633 g/mol. The molecule has 1 heterocycles. The fourth-order valence-corrected chi connectivity index (χ4v) is 5.29. The maximum absolute atomic E-state index is 13.9. The Labute approximate surface area is 272 Å². The van der Waals surface area contributed by atoms with Crippen LogP contribution in [0.5, 0.6) is 0 Å². The van der Waals surface area contributed by atoms with Crippen LogP contribution in [0.1, 0.15) is 51.2 Å². The summed E-state index contributed by atoms with van der Waals surface area (Å²) < 4.78 is 8.78. The van der Waals surface area contributed by atoms with Crippen molar-refractivity contribution in [1.82, 2.24) is 15.5 Å². The maximum atomic E-state index is 13.9. The number of benzene rings is 2. The SMILES string of the molecule is CC(C)(C)OC(=O)[C@H](Cc1ccccc1)NC(=O)[C@@H]1CC[C@@H]([C@H](CC(=O)O)NC(=O)OCC(Cl)(Cl)Cl)N1Cc1ccccc1. The number of carboxylic acids is 1. The molecule has 1 saturated heterocycles. The molecule has 4 atom stereocenters. The number of amides is 2. The number of esters is 1. The quantitative estimate of drug-likeness (QED) is 0.212. The minimum Gasteiger partial charge on any atom is -0.481 e. The number of likely N-dealkylation sites (tertiary alicyclic amines) is 1. The molecule has 44 heavy (non-hydrogen) atoms. The highest BCUT2D eigenvalue weighted by Gasteiger charge is 2.44. The van der Waals surface area contributed by atoms with Gasteiger partial charge in [0.15, 0.2) is 0 Å². The number of nitrogens with zero attached hydrogens (tertiary/aromatic N) is 1. The molecule has 1 aliphatic rings. The summed E-state index contributed by atoms with van der Waals surface area (Å²) in [4.78, 5) is 53.4. The number of carbonyl (C=O) groups is 4. The first-order valence-electron chi connectivity index (χ1n) is 14.2. The molecule has 0 saturated carbocycles. The monoisotopic (exact) mass is 669 g/mol. The van der Waals surface area contributed by atoms with Gasteiger partial charge in [0.25, 0.3) is 0 Å². The third-order valence-corrected chi connectivity index (χ3v) is 7.22. The second-order valence-corrected chi connectivity index (χ2v) is 14.2. The average molecular weight is 671 g/mol. The first-order valence-corrected chi connectivity index (χ1v) is 15.3. The van der Waals surface area contributed by atoms with Crippen LogP contribution in [0.2, 0.25) is 0 Å². The molecule has 2 amide bonds. The summed E-state index contributed by atoms with van der Waals surface area (Å²) in [5.41, 5.74) is 0.945. The minimum absolute atomic E-state index is 0.217. The summed E-state index contributed by atoms with van der Waals surface area (Å²) in [5.74, 6) is -2.14. The first kappa shape index (κ1) is 35.4. The van der Waals surface area contributed by atoms with E-state index in [1.165, 1.54) is 0 Å². The highest BCUT2D eigenvalue weighted by molar-refractivity contribution is 6.67. The van der Waals surface area contributed by atoms with Crippen molar-refractivity contribution in [3.8, 4) is 0 Å². The van der Waals surface area contributed by atoms with E-state index in [9.17, 15) is 24.3 Å². The summed E-state index contributed by atoms with van der Waals surface area (Å²) >= 11 is 17.1. The van der Waals surface area contributed by atoms with E-state index in [1.807, 2.05) is 65.6 Å².